The van der Waals surface area contributed by atoms with E-state index in [4.69, 9.17) is 9.47 Å². The van der Waals surface area contributed by atoms with Gasteiger partial charge in [-0.15, -0.1) is 0 Å². The van der Waals surface area contributed by atoms with E-state index < -0.39 is 0 Å². The second kappa shape index (κ2) is 7.69. The molecule has 1 aromatic rings. The van der Waals surface area contributed by atoms with E-state index >= 15 is 0 Å². The normalized spacial score (nSPS) is 23.3. The van der Waals surface area contributed by atoms with Gasteiger partial charge in [0.15, 0.2) is 11.5 Å². The highest BCUT2D eigenvalue weighted by Gasteiger charge is 2.47. The molecule has 4 rings (SSSR count). The van der Waals surface area contributed by atoms with Crippen molar-refractivity contribution in [1.82, 2.24) is 10.2 Å². The van der Waals surface area contributed by atoms with Gasteiger partial charge in [0.2, 0.25) is 24.5 Å². The third-order valence-electron chi connectivity index (χ3n) is 6.38. The number of ether oxygens (including phenoxy) is 2. The summed E-state index contributed by atoms with van der Waals surface area (Å²) in [5.74, 6) is 0.785. The first kappa shape index (κ1) is 19.7. The fraction of sp³-hybridized carbons (Fsp3) is 0.591. The molecule has 3 amide bonds. The summed E-state index contributed by atoms with van der Waals surface area (Å²) in [7, 11) is 0. The van der Waals surface area contributed by atoms with Crippen LogP contribution in [0.1, 0.15) is 51.5 Å². The number of hydrogen-bond acceptors (Lipinski definition) is 5. The molecule has 1 saturated carbocycles. The highest BCUT2D eigenvalue weighted by atomic mass is 16.7. The zero-order chi connectivity index (χ0) is 20.6. The molecule has 2 atom stereocenters. The van der Waals surface area contributed by atoms with E-state index in [1.165, 1.54) is 4.90 Å². The maximum Gasteiger partial charge on any atom is 0.233 e. The molecule has 156 valence electrons. The molecule has 7 heteroatoms. The highest BCUT2D eigenvalue weighted by molar-refractivity contribution is 6.05. The average molecular weight is 400 g/mol. The number of carbonyl (C=O) groups is 3. The van der Waals surface area contributed by atoms with Crippen molar-refractivity contribution in [2.24, 2.45) is 11.8 Å². The Kier molecular flexibility index (Phi) is 5.23. The predicted molar refractivity (Wildman–Crippen MR) is 105 cm³/mol. The van der Waals surface area contributed by atoms with Gasteiger partial charge in [0.1, 0.15) is 0 Å². The van der Waals surface area contributed by atoms with Crippen LogP contribution in [0, 0.1) is 11.8 Å². The SMILES string of the molecule is CC(C)(CNC(=O)CCN1C(=O)C2CCCCC2C1=O)c1ccc2c(c1)OCO2. The molecule has 1 aliphatic carbocycles. The summed E-state index contributed by atoms with van der Waals surface area (Å²) in [4.78, 5) is 38.7. The molecule has 29 heavy (non-hydrogen) atoms. The van der Waals surface area contributed by atoms with E-state index in [1.54, 1.807) is 0 Å². The molecule has 3 aliphatic rings. The Morgan fingerprint density at radius 1 is 1.10 bits per heavy atom. The second-order valence-electron chi connectivity index (χ2n) is 8.80. The minimum absolute atomic E-state index is 0.0896. The van der Waals surface area contributed by atoms with Gasteiger partial charge >= 0.3 is 0 Å². The molecule has 1 saturated heterocycles. The van der Waals surface area contributed by atoms with Gasteiger partial charge < -0.3 is 14.8 Å². The molecule has 2 aliphatic heterocycles. The monoisotopic (exact) mass is 400 g/mol. The quantitative estimate of drug-likeness (QED) is 0.741. The van der Waals surface area contributed by atoms with Crippen molar-refractivity contribution in [2.75, 3.05) is 19.9 Å². The fourth-order valence-electron chi connectivity index (χ4n) is 4.49. The Morgan fingerprint density at radius 3 is 2.45 bits per heavy atom. The van der Waals surface area contributed by atoms with Gasteiger partial charge in [0, 0.05) is 24.9 Å². The Morgan fingerprint density at radius 2 is 1.76 bits per heavy atom. The van der Waals surface area contributed by atoms with E-state index in [0.717, 1.165) is 42.7 Å². The van der Waals surface area contributed by atoms with Crippen LogP contribution in [0.4, 0.5) is 0 Å². The Balaban J connectivity index is 1.30. The Hall–Kier alpha value is -2.57. The number of likely N-dealkylation sites (tertiary alicyclic amines) is 1. The summed E-state index contributed by atoms with van der Waals surface area (Å²) in [6.45, 7) is 4.93. The zero-order valence-corrected chi connectivity index (χ0v) is 17.0. The Bertz CT molecular complexity index is 810. The number of nitrogens with zero attached hydrogens (tertiary/aromatic N) is 1. The van der Waals surface area contributed by atoms with E-state index in [0.29, 0.717) is 6.54 Å². The molecule has 1 aromatic carbocycles. The molecule has 2 heterocycles. The molecule has 7 nitrogen and oxygen atoms in total. The van der Waals surface area contributed by atoms with Crippen LogP contribution >= 0.6 is 0 Å². The smallest absolute Gasteiger partial charge is 0.233 e. The summed E-state index contributed by atoms with van der Waals surface area (Å²) in [5.41, 5.74) is 0.737. The second-order valence-corrected chi connectivity index (χ2v) is 8.80. The standard InChI is InChI=1S/C22H28N2O5/c1-22(2,14-7-8-17-18(11-14)29-13-28-17)12-23-19(25)9-10-24-20(26)15-5-3-4-6-16(15)21(24)27/h7-8,11,15-16H,3-6,9-10,12-13H2,1-2H3,(H,23,25). The molecule has 0 radical (unpaired) electrons. The van der Waals surface area contributed by atoms with Crippen LogP contribution in [0.3, 0.4) is 0 Å². The number of rotatable bonds is 6. The van der Waals surface area contributed by atoms with E-state index in [9.17, 15) is 14.4 Å². The number of hydrogen-bond donors (Lipinski definition) is 1. The van der Waals surface area contributed by atoms with Crippen molar-refractivity contribution in [3.63, 3.8) is 0 Å². The molecular formula is C22H28N2O5. The molecule has 2 fully saturated rings. The van der Waals surface area contributed by atoms with Crippen molar-refractivity contribution in [2.45, 2.75) is 51.4 Å². The number of fused-ring (bicyclic) bond motifs is 2. The van der Waals surface area contributed by atoms with Crippen LogP contribution in [-0.4, -0.2) is 42.5 Å². The molecule has 0 spiro atoms. The van der Waals surface area contributed by atoms with Crippen molar-refractivity contribution in [3.8, 4) is 11.5 Å². The van der Waals surface area contributed by atoms with Crippen molar-refractivity contribution in [3.05, 3.63) is 23.8 Å². The first-order valence-electron chi connectivity index (χ1n) is 10.4. The van der Waals surface area contributed by atoms with Crippen LogP contribution < -0.4 is 14.8 Å². The molecule has 0 aromatic heterocycles. The summed E-state index contributed by atoms with van der Waals surface area (Å²) >= 11 is 0. The lowest BCUT2D eigenvalue weighted by molar-refractivity contribution is -0.140. The number of benzene rings is 1. The number of amides is 3. The molecular weight excluding hydrogens is 372 g/mol. The molecule has 1 N–H and O–H groups in total. The Labute approximate surface area is 170 Å². The van der Waals surface area contributed by atoms with Crippen LogP contribution in [0.5, 0.6) is 11.5 Å². The van der Waals surface area contributed by atoms with Gasteiger partial charge in [-0.1, -0.05) is 32.8 Å². The maximum atomic E-state index is 12.5. The zero-order valence-electron chi connectivity index (χ0n) is 17.0. The van der Waals surface area contributed by atoms with Gasteiger partial charge in [0.25, 0.3) is 0 Å². The van der Waals surface area contributed by atoms with Crippen molar-refractivity contribution in [1.29, 1.82) is 0 Å². The molecule has 2 unspecified atom stereocenters. The number of imide groups is 1. The van der Waals surface area contributed by atoms with E-state index in [-0.39, 0.29) is 54.7 Å². The minimum atomic E-state index is -0.301. The van der Waals surface area contributed by atoms with Crippen molar-refractivity contribution >= 4 is 17.7 Å². The summed E-state index contributed by atoms with van der Waals surface area (Å²) in [5, 5.41) is 2.95. The molecule has 0 bridgehead atoms. The van der Waals surface area contributed by atoms with Crippen molar-refractivity contribution < 1.29 is 23.9 Å². The summed E-state index contributed by atoms with van der Waals surface area (Å²) in [6.07, 6.45) is 3.73. The lowest BCUT2D eigenvalue weighted by atomic mass is 9.81. The van der Waals surface area contributed by atoms with Gasteiger partial charge in [0.05, 0.1) is 11.8 Å². The lowest BCUT2D eigenvalue weighted by Gasteiger charge is -2.26. The highest BCUT2D eigenvalue weighted by Crippen LogP contribution is 2.38. The van der Waals surface area contributed by atoms with E-state index in [1.807, 2.05) is 32.0 Å². The van der Waals surface area contributed by atoms with Gasteiger partial charge in [-0.05, 0) is 30.5 Å². The first-order chi connectivity index (χ1) is 13.9. The summed E-state index contributed by atoms with van der Waals surface area (Å²) < 4.78 is 10.8. The fourth-order valence-corrected chi connectivity index (χ4v) is 4.49. The largest absolute Gasteiger partial charge is 0.454 e. The average Bonchev–Trinajstić information content (AvgIpc) is 3.28. The summed E-state index contributed by atoms with van der Waals surface area (Å²) in [6, 6.07) is 5.80. The van der Waals surface area contributed by atoms with Gasteiger partial charge in [-0.25, -0.2) is 0 Å². The predicted octanol–water partition coefficient (Wildman–Crippen LogP) is 2.37. The third-order valence-corrected chi connectivity index (χ3v) is 6.38. The van der Waals surface area contributed by atoms with Gasteiger partial charge in [-0.3, -0.25) is 19.3 Å². The topological polar surface area (TPSA) is 84.9 Å². The van der Waals surface area contributed by atoms with Crippen LogP contribution in [-0.2, 0) is 19.8 Å². The van der Waals surface area contributed by atoms with E-state index in [2.05, 4.69) is 5.32 Å². The lowest BCUT2D eigenvalue weighted by Crippen LogP contribution is -2.39. The number of carbonyl (C=O) groups excluding carboxylic acids is 3. The minimum Gasteiger partial charge on any atom is -0.454 e. The van der Waals surface area contributed by atoms with Crippen LogP contribution in [0.15, 0.2) is 18.2 Å². The number of nitrogens with one attached hydrogen (secondary N) is 1. The van der Waals surface area contributed by atoms with Crippen LogP contribution in [0.25, 0.3) is 0 Å². The van der Waals surface area contributed by atoms with Crippen LogP contribution in [0.2, 0.25) is 0 Å². The third kappa shape index (κ3) is 3.82. The van der Waals surface area contributed by atoms with Gasteiger partial charge in [-0.2, -0.15) is 0 Å². The maximum absolute atomic E-state index is 12.5. The first-order valence-corrected chi connectivity index (χ1v) is 10.4.